The van der Waals surface area contributed by atoms with Crippen LogP contribution in [0.3, 0.4) is 0 Å². The molecule has 0 aliphatic carbocycles. The van der Waals surface area contributed by atoms with E-state index in [1.807, 2.05) is 54.3 Å². The van der Waals surface area contributed by atoms with E-state index in [-0.39, 0.29) is 17.2 Å². The van der Waals surface area contributed by atoms with Crippen LogP contribution in [0.25, 0.3) is 0 Å². The van der Waals surface area contributed by atoms with Gasteiger partial charge in [-0.3, -0.25) is 9.59 Å². The van der Waals surface area contributed by atoms with Crippen LogP contribution in [0.15, 0.2) is 69.8 Å². The summed E-state index contributed by atoms with van der Waals surface area (Å²) in [5.41, 5.74) is 3.36. The van der Waals surface area contributed by atoms with E-state index in [0.717, 1.165) is 27.0 Å². The molecule has 3 aromatic rings. The summed E-state index contributed by atoms with van der Waals surface area (Å²) < 4.78 is 6.39. The van der Waals surface area contributed by atoms with Gasteiger partial charge in [0.05, 0.1) is 18.6 Å². The van der Waals surface area contributed by atoms with Crippen molar-refractivity contribution in [3.05, 3.63) is 87.8 Å². The van der Waals surface area contributed by atoms with E-state index < -0.39 is 0 Å². The van der Waals surface area contributed by atoms with E-state index in [2.05, 4.69) is 21.2 Å². The van der Waals surface area contributed by atoms with Gasteiger partial charge in [0, 0.05) is 15.7 Å². The lowest BCUT2D eigenvalue weighted by Crippen LogP contribution is -2.27. The van der Waals surface area contributed by atoms with Gasteiger partial charge < -0.3 is 14.6 Å². The van der Waals surface area contributed by atoms with Gasteiger partial charge in [0.25, 0.3) is 5.91 Å². The molecular formula is C22H19BrN2O3S. The number of hydrogen-bond donors (Lipinski definition) is 1. The average Bonchev–Trinajstić information content (AvgIpc) is 3.36. The highest BCUT2D eigenvalue weighted by Gasteiger charge is 2.33. The van der Waals surface area contributed by atoms with Gasteiger partial charge in [0.1, 0.15) is 11.1 Å². The summed E-state index contributed by atoms with van der Waals surface area (Å²) in [4.78, 5) is 26.7. The molecule has 1 aromatic heterocycles. The van der Waals surface area contributed by atoms with E-state index in [1.54, 1.807) is 30.2 Å². The molecule has 0 spiro atoms. The number of anilines is 1. The van der Waals surface area contributed by atoms with Crippen molar-refractivity contribution < 1.29 is 14.0 Å². The molecule has 1 aliphatic rings. The van der Waals surface area contributed by atoms with Crippen molar-refractivity contribution in [3.63, 3.8) is 0 Å². The minimum absolute atomic E-state index is 0.0844. The molecule has 5 nitrogen and oxygen atoms in total. The Hall–Kier alpha value is -2.51. The number of thioether (sulfide) groups is 1. The van der Waals surface area contributed by atoms with Gasteiger partial charge in [0.15, 0.2) is 0 Å². The van der Waals surface area contributed by atoms with E-state index >= 15 is 0 Å². The Morgan fingerprint density at radius 3 is 2.72 bits per heavy atom. The van der Waals surface area contributed by atoms with Crippen molar-refractivity contribution in [2.45, 2.75) is 18.8 Å². The van der Waals surface area contributed by atoms with Gasteiger partial charge in [-0.1, -0.05) is 28.1 Å². The minimum atomic E-state index is -0.166. The first-order valence-corrected chi connectivity index (χ1v) is 11.0. The monoisotopic (exact) mass is 470 g/mol. The van der Waals surface area contributed by atoms with E-state index in [1.165, 1.54) is 0 Å². The largest absolute Gasteiger partial charge is 0.467 e. The Morgan fingerprint density at radius 2 is 2.03 bits per heavy atom. The quantitative estimate of drug-likeness (QED) is 0.543. The molecule has 148 valence electrons. The molecule has 0 unspecified atom stereocenters. The van der Waals surface area contributed by atoms with Crippen LogP contribution in [0.5, 0.6) is 0 Å². The van der Waals surface area contributed by atoms with Crippen molar-refractivity contribution in [1.29, 1.82) is 0 Å². The van der Waals surface area contributed by atoms with Gasteiger partial charge in [0.2, 0.25) is 5.91 Å². The SMILES string of the molecule is Cc1cc(NC(=O)c2ccc([C@H]3SCC(=O)N3Cc3ccco3)cc2)ccc1Br. The first-order valence-electron chi connectivity index (χ1n) is 9.12. The van der Waals surface area contributed by atoms with E-state index in [4.69, 9.17) is 4.42 Å². The normalized spacial score (nSPS) is 16.3. The fourth-order valence-corrected chi connectivity index (χ4v) is 4.63. The third-order valence-electron chi connectivity index (χ3n) is 4.75. The van der Waals surface area contributed by atoms with E-state index in [9.17, 15) is 9.59 Å². The number of nitrogens with one attached hydrogen (secondary N) is 1. The lowest BCUT2D eigenvalue weighted by Gasteiger charge is -2.23. The van der Waals surface area contributed by atoms with Crippen molar-refractivity contribution >= 4 is 45.2 Å². The first kappa shape index (κ1) is 19.8. The maximum Gasteiger partial charge on any atom is 0.255 e. The van der Waals surface area contributed by atoms with Gasteiger partial charge in [-0.15, -0.1) is 11.8 Å². The van der Waals surface area contributed by atoms with Gasteiger partial charge in [-0.2, -0.15) is 0 Å². The number of carbonyl (C=O) groups is 2. The highest BCUT2D eigenvalue weighted by atomic mass is 79.9. The highest BCUT2D eigenvalue weighted by Crippen LogP contribution is 2.39. The zero-order chi connectivity index (χ0) is 20.4. The summed E-state index contributed by atoms with van der Waals surface area (Å²) in [7, 11) is 0. The molecular weight excluding hydrogens is 452 g/mol. The molecule has 29 heavy (non-hydrogen) atoms. The molecule has 1 atom stereocenters. The predicted molar refractivity (Wildman–Crippen MR) is 118 cm³/mol. The fourth-order valence-electron chi connectivity index (χ4n) is 3.20. The fraction of sp³-hybridized carbons (Fsp3) is 0.182. The Labute approximate surface area is 181 Å². The Kier molecular flexibility index (Phi) is 5.78. The third kappa shape index (κ3) is 4.41. The summed E-state index contributed by atoms with van der Waals surface area (Å²) in [6.07, 6.45) is 1.61. The van der Waals surface area contributed by atoms with Crippen LogP contribution in [-0.2, 0) is 11.3 Å². The molecule has 7 heteroatoms. The van der Waals surface area contributed by atoms with E-state index in [0.29, 0.717) is 17.9 Å². The number of furan rings is 1. The van der Waals surface area contributed by atoms with Crippen molar-refractivity contribution in [2.75, 3.05) is 11.1 Å². The molecule has 2 heterocycles. The van der Waals surface area contributed by atoms with Crippen LogP contribution in [0, 0.1) is 6.92 Å². The van der Waals surface area contributed by atoms with Crippen LogP contribution in [-0.4, -0.2) is 22.5 Å². The third-order valence-corrected chi connectivity index (χ3v) is 6.89. The molecule has 0 saturated carbocycles. The molecule has 1 saturated heterocycles. The van der Waals surface area contributed by atoms with Crippen LogP contribution in [0.1, 0.15) is 32.6 Å². The molecule has 2 aromatic carbocycles. The Morgan fingerprint density at radius 1 is 1.24 bits per heavy atom. The number of amides is 2. The Bertz CT molecular complexity index is 1030. The molecule has 1 N–H and O–H groups in total. The number of hydrogen-bond acceptors (Lipinski definition) is 4. The minimum Gasteiger partial charge on any atom is -0.467 e. The molecule has 2 amide bonds. The van der Waals surface area contributed by atoms with Crippen molar-refractivity contribution in [3.8, 4) is 0 Å². The van der Waals surface area contributed by atoms with Gasteiger partial charge >= 0.3 is 0 Å². The number of rotatable bonds is 5. The average molecular weight is 471 g/mol. The second-order valence-corrected chi connectivity index (χ2v) is 8.73. The maximum atomic E-state index is 12.6. The molecule has 4 rings (SSSR count). The standard InChI is InChI=1S/C22H19BrN2O3S/c1-14-11-17(8-9-19(14)23)24-21(27)15-4-6-16(7-5-15)22-25(20(26)13-29-22)12-18-3-2-10-28-18/h2-11,22H,12-13H2,1H3,(H,24,27)/t22-/m1/s1. The first-order chi connectivity index (χ1) is 14.0. The van der Waals surface area contributed by atoms with Crippen LogP contribution >= 0.6 is 27.7 Å². The topological polar surface area (TPSA) is 62.6 Å². The van der Waals surface area contributed by atoms with Crippen LogP contribution < -0.4 is 5.32 Å². The number of halogens is 1. The van der Waals surface area contributed by atoms with Crippen molar-refractivity contribution in [2.24, 2.45) is 0 Å². The van der Waals surface area contributed by atoms with Crippen LogP contribution in [0.2, 0.25) is 0 Å². The number of benzene rings is 2. The lowest BCUT2D eigenvalue weighted by atomic mass is 10.1. The predicted octanol–water partition coefficient (Wildman–Crippen LogP) is 5.38. The zero-order valence-corrected chi connectivity index (χ0v) is 18.1. The summed E-state index contributed by atoms with van der Waals surface area (Å²) in [5, 5.41) is 2.83. The molecule has 1 aliphatic heterocycles. The van der Waals surface area contributed by atoms with Gasteiger partial charge in [-0.25, -0.2) is 0 Å². The smallest absolute Gasteiger partial charge is 0.255 e. The second kappa shape index (κ2) is 8.47. The number of aryl methyl sites for hydroxylation is 1. The van der Waals surface area contributed by atoms with Crippen molar-refractivity contribution in [1.82, 2.24) is 4.90 Å². The molecule has 0 radical (unpaired) electrons. The van der Waals surface area contributed by atoms with Crippen LogP contribution in [0.4, 0.5) is 5.69 Å². The summed E-state index contributed by atoms with van der Waals surface area (Å²) in [6, 6.07) is 16.8. The van der Waals surface area contributed by atoms with Gasteiger partial charge in [-0.05, 0) is 60.5 Å². The highest BCUT2D eigenvalue weighted by molar-refractivity contribution is 9.10. The summed E-state index contributed by atoms with van der Waals surface area (Å²) in [6.45, 7) is 2.41. The molecule has 1 fully saturated rings. The second-order valence-electron chi connectivity index (χ2n) is 6.80. The number of nitrogens with zero attached hydrogens (tertiary/aromatic N) is 1. The zero-order valence-electron chi connectivity index (χ0n) is 15.7. The lowest BCUT2D eigenvalue weighted by molar-refractivity contribution is -0.128. The molecule has 0 bridgehead atoms. The summed E-state index contributed by atoms with van der Waals surface area (Å²) >= 11 is 5.04. The Balaban J connectivity index is 1.47. The maximum absolute atomic E-state index is 12.6. The number of carbonyl (C=O) groups excluding carboxylic acids is 2. The summed E-state index contributed by atoms with van der Waals surface area (Å²) in [5.74, 6) is 1.12.